The molecule has 0 heterocycles. The summed E-state index contributed by atoms with van der Waals surface area (Å²) in [6, 6.07) is 22.6. The number of thioether (sulfide) groups is 1. The Hall–Kier alpha value is -2.85. The molecule has 0 bridgehead atoms. The number of aryl methyl sites for hydroxylation is 1. The highest BCUT2D eigenvalue weighted by molar-refractivity contribution is 7.99. The number of amides is 1. The van der Waals surface area contributed by atoms with Gasteiger partial charge in [0, 0.05) is 16.9 Å². The Balaban J connectivity index is 1.82. The molecular weight excluding hydrogens is 366 g/mol. The minimum atomic E-state index is -0.202. The lowest BCUT2D eigenvalue weighted by molar-refractivity contribution is 0.0994. The van der Waals surface area contributed by atoms with Crippen LogP contribution in [0.15, 0.2) is 77.7 Å². The Morgan fingerprint density at radius 3 is 2.36 bits per heavy atom. The fourth-order valence-electron chi connectivity index (χ4n) is 3.06. The third-order valence-corrected chi connectivity index (χ3v) is 5.31. The maximum atomic E-state index is 12.9. The van der Waals surface area contributed by atoms with E-state index in [2.05, 4.69) is 12.2 Å². The molecule has 0 aromatic heterocycles. The van der Waals surface area contributed by atoms with Crippen LogP contribution in [0.5, 0.6) is 0 Å². The molecule has 3 aromatic rings. The number of anilines is 1. The van der Waals surface area contributed by atoms with Gasteiger partial charge in [0.1, 0.15) is 0 Å². The molecule has 0 saturated heterocycles. The molecule has 0 atom stereocenters. The van der Waals surface area contributed by atoms with Crippen molar-refractivity contribution in [3.63, 3.8) is 0 Å². The van der Waals surface area contributed by atoms with E-state index >= 15 is 0 Å². The maximum absolute atomic E-state index is 12.9. The molecule has 0 unspecified atom stereocenters. The summed E-state index contributed by atoms with van der Waals surface area (Å²) in [7, 11) is 0. The van der Waals surface area contributed by atoms with Crippen molar-refractivity contribution < 1.29 is 9.59 Å². The zero-order chi connectivity index (χ0) is 19.9. The normalized spacial score (nSPS) is 10.5. The Morgan fingerprint density at radius 2 is 1.61 bits per heavy atom. The molecule has 3 rings (SSSR count). The molecule has 3 nitrogen and oxygen atoms in total. The summed E-state index contributed by atoms with van der Waals surface area (Å²) in [5.74, 6) is 0.667. The van der Waals surface area contributed by atoms with Crippen LogP contribution in [-0.4, -0.2) is 17.4 Å². The zero-order valence-corrected chi connectivity index (χ0v) is 16.9. The number of para-hydroxylation sites is 1. The number of Topliss-reactive ketones (excluding diaryl/α,β-unsaturated/α-hetero) is 1. The van der Waals surface area contributed by atoms with Gasteiger partial charge in [0.15, 0.2) is 5.78 Å². The molecule has 0 saturated carbocycles. The van der Waals surface area contributed by atoms with Gasteiger partial charge in [-0.2, -0.15) is 0 Å². The summed E-state index contributed by atoms with van der Waals surface area (Å²) in [6.07, 6.45) is 0.302. The van der Waals surface area contributed by atoms with Gasteiger partial charge in [0.05, 0.1) is 11.3 Å². The van der Waals surface area contributed by atoms with E-state index in [0.29, 0.717) is 23.2 Å². The van der Waals surface area contributed by atoms with E-state index in [-0.39, 0.29) is 11.7 Å². The number of carbonyl (C=O) groups is 2. The number of carbonyl (C=O) groups excluding carboxylic acids is 2. The van der Waals surface area contributed by atoms with Crippen LogP contribution in [0.2, 0.25) is 0 Å². The Bertz CT molecular complexity index is 997. The van der Waals surface area contributed by atoms with Crippen molar-refractivity contribution >= 4 is 29.1 Å². The molecule has 1 amide bonds. The van der Waals surface area contributed by atoms with Gasteiger partial charge in [-0.3, -0.25) is 9.59 Å². The van der Waals surface area contributed by atoms with E-state index in [1.807, 2.05) is 67.6 Å². The van der Waals surface area contributed by atoms with Crippen LogP contribution in [0.25, 0.3) is 0 Å². The fraction of sp³-hybridized carbons (Fsp3) is 0.167. The summed E-state index contributed by atoms with van der Waals surface area (Å²) >= 11 is 1.63. The van der Waals surface area contributed by atoms with Gasteiger partial charge >= 0.3 is 0 Å². The van der Waals surface area contributed by atoms with E-state index in [1.54, 1.807) is 23.9 Å². The largest absolute Gasteiger partial charge is 0.321 e. The topological polar surface area (TPSA) is 46.2 Å². The number of ketones is 1. The Labute approximate surface area is 170 Å². The molecule has 28 heavy (non-hydrogen) atoms. The molecule has 142 valence electrons. The van der Waals surface area contributed by atoms with Gasteiger partial charge in [-0.1, -0.05) is 61.0 Å². The van der Waals surface area contributed by atoms with Crippen molar-refractivity contribution in [1.82, 2.24) is 0 Å². The van der Waals surface area contributed by atoms with Gasteiger partial charge in [-0.25, -0.2) is 0 Å². The summed E-state index contributed by atoms with van der Waals surface area (Å²) in [4.78, 5) is 26.7. The molecular formula is C24H23NO2S. The molecule has 0 spiro atoms. The molecule has 4 heteroatoms. The third kappa shape index (κ3) is 4.90. The molecule has 0 aliphatic heterocycles. The van der Waals surface area contributed by atoms with Crippen LogP contribution in [0.1, 0.15) is 38.8 Å². The van der Waals surface area contributed by atoms with Gasteiger partial charge in [-0.15, -0.1) is 11.8 Å². The first kappa shape index (κ1) is 19.9. The van der Waals surface area contributed by atoms with Gasteiger partial charge in [0.25, 0.3) is 5.91 Å². The summed E-state index contributed by atoms with van der Waals surface area (Å²) in [6.45, 7) is 4.06. The number of nitrogens with one attached hydrogen (secondary N) is 1. The lowest BCUT2D eigenvalue weighted by Crippen LogP contribution is -2.16. The quantitative estimate of drug-likeness (QED) is 0.411. The van der Waals surface area contributed by atoms with Crippen molar-refractivity contribution in [3.8, 4) is 0 Å². The highest BCUT2D eigenvalue weighted by Gasteiger charge is 2.16. The molecule has 3 aromatic carbocycles. The van der Waals surface area contributed by atoms with Crippen LogP contribution in [0.3, 0.4) is 0 Å². The van der Waals surface area contributed by atoms with Crippen molar-refractivity contribution in [2.75, 3.05) is 11.1 Å². The Kier molecular flexibility index (Phi) is 6.66. The van der Waals surface area contributed by atoms with Crippen LogP contribution in [-0.2, 0) is 6.42 Å². The highest BCUT2D eigenvalue weighted by Crippen LogP contribution is 2.24. The fourth-order valence-corrected chi connectivity index (χ4v) is 3.87. The van der Waals surface area contributed by atoms with Crippen LogP contribution in [0, 0.1) is 6.92 Å². The summed E-state index contributed by atoms with van der Waals surface area (Å²) < 4.78 is 0. The number of benzene rings is 3. The second-order valence-electron chi connectivity index (χ2n) is 6.52. The molecule has 1 N–H and O–H groups in total. The first-order chi connectivity index (χ1) is 13.6. The predicted molar refractivity (Wildman–Crippen MR) is 116 cm³/mol. The van der Waals surface area contributed by atoms with Crippen LogP contribution < -0.4 is 5.32 Å². The molecule has 0 fully saturated rings. The number of hydrogen-bond donors (Lipinski definition) is 1. The molecule has 0 aliphatic rings. The average molecular weight is 390 g/mol. The minimum Gasteiger partial charge on any atom is -0.321 e. The van der Waals surface area contributed by atoms with Crippen LogP contribution in [0.4, 0.5) is 5.69 Å². The summed E-state index contributed by atoms with van der Waals surface area (Å²) in [5, 5.41) is 2.93. The van der Waals surface area contributed by atoms with Gasteiger partial charge in [0.2, 0.25) is 0 Å². The smallest absolute Gasteiger partial charge is 0.256 e. The van der Waals surface area contributed by atoms with E-state index in [0.717, 1.165) is 21.8 Å². The third-order valence-electron chi connectivity index (χ3n) is 4.35. The van der Waals surface area contributed by atoms with E-state index in [4.69, 9.17) is 0 Å². The monoisotopic (exact) mass is 389 g/mol. The van der Waals surface area contributed by atoms with E-state index in [9.17, 15) is 9.59 Å². The lowest BCUT2D eigenvalue weighted by Gasteiger charge is -2.12. The van der Waals surface area contributed by atoms with E-state index in [1.165, 1.54) is 0 Å². The Morgan fingerprint density at radius 1 is 0.893 bits per heavy atom. The average Bonchev–Trinajstić information content (AvgIpc) is 2.69. The second kappa shape index (κ2) is 9.38. The maximum Gasteiger partial charge on any atom is 0.256 e. The first-order valence-corrected chi connectivity index (χ1v) is 10.3. The molecule has 0 aliphatic carbocycles. The SMILES string of the molecule is CCSc1ccccc1C(=O)Nc1ccccc1C(=O)Cc1cccc(C)c1. The number of hydrogen-bond acceptors (Lipinski definition) is 3. The van der Waals surface area contributed by atoms with Crippen molar-refractivity contribution in [2.45, 2.75) is 25.2 Å². The highest BCUT2D eigenvalue weighted by atomic mass is 32.2. The van der Waals surface area contributed by atoms with Crippen molar-refractivity contribution in [3.05, 3.63) is 95.1 Å². The summed E-state index contributed by atoms with van der Waals surface area (Å²) in [5.41, 5.74) is 3.78. The number of rotatable bonds is 7. The predicted octanol–water partition coefficient (Wildman–Crippen LogP) is 5.78. The first-order valence-electron chi connectivity index (χ1n) is 9.29. The van der Waals surface area contributed by atoms with E-state index < -0.39 is 0 Å². The standard InChI is InChI=1S/C24H23NO2S/c1-3-28-23-14-7-5-12-20(23)24(27)25-21-13-6-4-11-19(21)22(26)16-18-10-8-9-17(2)15-18/h4-15H,3,16H2,1-2H3,(H,25,27). The lowest BCUT2D eigenvalue weighted by atomic mass is 10.00. The van der Waals surface area contributed by atoms with Gasteiger partial charge < -0.3 is 5.32 Å². The van der Waals surface area contributed by atoms with Crippen LogP contribution >= 0.6 is 11.8 Å². The minimum absolute atomic E-state index is 0.0160. The van der Waals surface area contributed by atoms with Crippen molar-refractivity contribution in [1.29, 1.82) is 0 Å². The zero-order valence-electron chi connectivity index (χ0n) is 16.1. The van der Waals surface area contributed by atoms with Gasteiger partial charge in [-0.05, 0) is 42.5 Å². The second-order valence-corrected chi connectivity index (χ2v) is 7.82. The molecule has 0 radical (unpaired) electrons. The van der Waals surface area contributed by atoms with Crippen molar-refractivity contribution in [2.24, 2.45) is 0 Å².